The number of hydrogen-bond acceptors (Lipinski definition) is 3. The van der Waals surface area contributed by atoms with Crippen molar-refractivity contribution >= 4 is 11.0 Å². The van der Waals surface area contributed by atoms with Gasteiger partial charge in [-0.25, -0.2) is 4.98 Å². The van der Waals surface area contributed by atoms with Crippen molar-refractivity contribution in [2.45, 2.75) is 31.8 Å². The molecular formula is C15H21N3O. The molecule has 4 heteroatoms. The van der Waals surface area contributed by atoms with Gasteiger partial charge >= 0.3 is 0 Å². The number of aryl methyl sites for hydroxylation is 1. The fourth-order valence-corrected chi connectivity index (χ4v) is 2.65. The van der Waals surface area contributed by atoms with Gasteiger partial charge in [0.2, 0.25) is 0 Å². The molecule has 0 bridgehead atoms. The number of para-hydroxylation sites is 2. The average molecular weight is 259 g/mol. The average Bonchev–Trinajstić information content (AvgIpc) is 2.88. The van der Waals surface area contributed by atoms with Crippen LogP contribution in [0.2, 0.25) is 0 Å². The quantitative estimate of drug-likeness (QED) is 0.837. The van der Waals surface area contributed by atoms with Gasteiger partial charge < -0.3 is 14.6 Å². The summed E-state index contributed by atoms with van der Waals surface area (Å²) in [5, 5.41) is 3.62. The van der Waals surface area contributed by atoms with Gasteiger partial charge in [-0.15, -0.1) is 0 Å². The predicted octanol–water partition coefficient (Wildman–Crippen LogP) is 2.19. The molecule has 4 nitrogen and oxygen atoms in total. The molecule has 2 aromatic rings. The lowest BCUT2D eigenvalue weighted by Gasteiger charge is -2.23. The van der Waals surface area contributed by atoms with E-state index in [1.54, 1.807) is 0 Å². The molecule has 0 spiro atoms. The van der Waals surface area contributed by atoms with E-state index < -0.39 is 0 Å². The van der Waals surface area contributed by atoms with Crippen LogP contribution in [0.4, 0.5) is 0 Å². The molecule has 1 fully saturated rings. The third-order valence-electron chi connectivity index (χ3n) is 3.76. The molecule has 0 unspecified atom stereocenters. The molecule has 2 heterocycles. The second kappa shape index (κ2) is 6.17. The van der Waals surface area contributed by atoms with Crippen LogP contribution < -0.4 is 5.32 Å². The van der Waals surface area contributed by atoms with Crippen molar-refractivity contribution in [2.24, 2.45) is 0 Å². The molecular weight excluding hydrogens is 238 g/mol. The predicted molar refractivity (Wildman–Crippen MR) is 76.2 cm³/mol. The van der Waals surface area contributed by atoms with Gasteiger partial charge in [0.25, 0.3) is 0 Å². The van der Waals surface area contributed by atoms with Crippen LogP contribution in [0, 0.1) is 0 Å². The molecule has 19 heavy (non-hydrogen) atoms. The summed E-state index contributed by atoms with van der Waals surface area (Å²) < 4.78 is 7.60. The van der Waals surface area contributed by atoms with Crippen LogP contribution in [0.25, 0.3) is 11.0 Å². The third kappa shape index (κ3) is 3.14. The number of hydrogen-bond donors (Lipinski definition) is 1. The molecule has 1 aliphatic rings. The zero-order valence-corrected chi connectivity index (χ0v) is 11.2. The highest BCUT2D eigenvalue weighted by molar-refractivity contribution is 5.74. The summed E-state index contributed by atoms with van der Waals surface area (Å²) in [5.41, 5.74) is 2.31. The van der Waals surface area contributed by atoms with E-state index in [2.05, 4.69) is 33.1 Å². The van der Waals surface area contributed by atoms with Crippen LogP contribution in [0.15, 0.2) is 30.6 Å². The van der Waals surface area contributed by atoms with Gasteiger partial charge in [-0.1, -0.05) is 12.1 Å². The normalized spacial score (nSPS) is 17.1. The minimum Gasteiger partial charge on any atom is -0.381 e. The molecule has 1 saturated heterocycles. The lowest BCUT2D eigenvalue weighted by molar-refractivity contribution is 0.0779. The summed E-state index contributed by atoms with van der Waals surface area (Å²) in [6.45, 7) is 3.90. The Morgan fingerprint density at radius 3 is 3.00 bits per heavy atom. The van der Waals surface area contributed by atoms with Crippen molar-refractivity contribution < 1.29 is 4.74 Å². The molecule has 1 aliphatic heterocycles. The Labute approximate surface area is 113 Å². The lowest BCUT2D eigenvalue weighted by atomic mass is 10.1. The van der Waals surface area contributed by atoms with Crippen molar-refractivity contribution in [1.82, 2.24) is 14.9 Å². The van der Waals surface area contributed by atoms with Crippen LogP contribution in [-0.4, -0.2) is 35.4 Å². The zero-order valence-electron chi connectivity index (χ0n) is 11.2. The summed E-state index contributed by atoms with van der Waals surface area (Å²) in [6, 6.07) is 8.95. The smallest absolute Gasteiger partial charge is 0.0958 e. The number of imidazole rings is 1. The molecule has 0 atom stereocenters. The summed E-state index contributed by atoms with van der Waals surface area (Å²) in [6.07, 6.45) is 5.37. The van der Waals surface area contributed by atoms with E-state index in [0.29, 0.717) is 6.04 Å². The number of benzene rings is 1. The van der Waals surface area contributed by atoms with E-state index >= 15 is 0 Å². The Bertz CT molecular complexity index is 517. The number of nitrogens with zero attached hydrogens (tertiary/aromatic N) is 2. The maximum Gasteiger partial charge on any atom is 0.0958 e. The van der Waals surface area contributed by atoms with E-state index in [0.717, 1.165) is 51.1 Å². The van der Waals surface area contributed by atoms with Gasteiger partial charge in [-0.2, -0.15) is 0 Å². The Hall–Kier alpha value is -1.39. The Morgan fingerprint density at radius 1 is 1.26 bits per heavy atom. The fourth-order valence-electron chi connectivity index (χ4n) is 2.65. The maximum atomic E-state index is 5.36. The first kappa shape index (κ1) is 12.6. The van der Waals surface area contributed by atoms with Crippen molar-refractivity contribution in [2.75, 3.05) is 19.8 Å². The van der Waals surface area contributed by atoms with Crippen molar-refractivity contribution in [1.29, 1.82) is 0 Å². The highest BCUT2D eigenvalue weighted by Gasteiger charge is 2.12. The molecule has 1 aromatic heterocycles. The van der Waals surface area contributed by atoms with Crippen LogP contribution in [0.1, 0.15) is 19.3 Å². The Morgan fingerprint density at radius 2 is 2.11 bits per heavy atom. The van der Waals surface area contributed by atoms with Gasteiger partial charge in [-0.05, 0) is 37.9 Å². The minimum atomic E-state index is 0.647. The van der Waals surface area contributed by atoms with Crippen LogP contribution in [0.5, 0.6) is 0 Å². The van der Waals surface area contributed by atoms with Crippen molar-refractivity contribution in [3.63, 3.8) is 0 Å². The van der Waals surface area contributed by atoms with E-state index in [9.17, 15) is 0 Å². The van der Waals surface area contributed by atoms with Gasteiger partial charge in [0.15, 0.2) is 0 Å². The molecule has 1 aromatic carbocycles. The number of rotatable bonds is 5. The van der Waals surface area contributed by atoms with Gasteiger partial charge in [-0.3, -0.25) is 0 Å². The molecule has 0 radical (unpaired) electrons. The first-order valence-corrected chi connectivity index (χ1v) is 7.14. The minimum absolute atomic E-state index is 0.647. The van der Waals surface area contributed by atoms with Gasteiger partial charge in [0.05, 0.1) is 17.4 Å². The van der Waals surface area contributed by atoms with Crippen LogP contribution in [-0.2, 0) is 11.3 Å². The number of nitrogens with one attached hydrogen (secondary N) is 1. The first-order chi connectivity index (χ1) is 9.43. The highest BCUT2D eigenvalue weighted by atomic mass is 16.5. The summed E-state index contributed by atoms with van der Waals surface area (Å²) in [5.74, 6) is 0. The van der Waals surface area contributed by atoms with E-state index in [1.165, 1.54) is 5.52 Å². The third-order valence-corrected chi connectivity index (χ3v) is 3.76. The molecule has 102 valence electrons. The largest absolute Gasteiger partial charge is 0.381 e. The van der Waals surface area contributed by atoms with Gasteiger partial charge in [0, 0.05) is 25.8 Å². The van der Waals surface area contributed by atoms with Gasteiger partial charge in [0.1, 0.15) is 0 Å². The molecule has 0 aliphatic carbocycles. The molecule has 0 saturated carbocycles. The van der Waals surface area contributed by atoms with Crippen molar-refractivity contribution in [3.05, 3.63) is 30.6 Å². The van der Waals surface area contributed by atoms with E-state index in [1.807, 2.05) is 12.4 Å². The second-order valence-electron chi connectivity index (χ2n) is 5.12. The lowest BCUT2D eigenvalue weighted by Crippen LogP contribution is -2.35. The Kier molecular flexibility index (Phi) is 4.10. The Balaban J connectivity index is 1.47. The standard InChI is InChI=1S/C15H21N3O/c1-2-5-15-14(4-1)17-12-18(15)9-3-8-16-13-6-10-19-11-7-13/h1-2,4-5,12-13,16H,3,6-11H2. The zero-order chi connectivity index (χ0) is 12.9. The molecule has 1 N–H and O–H groups in total. The number of fused-ring (bicyclic) bond motifs is 1. The number of aromatic nitrogens is 2. The molecule has 3 rings (SSSR count). The summed E-state index contributed by atoms with van der Waals surface area (Å²) in [7, 11) is 0. The van der Waals surface area contributed by atoms with Crippen LogP contribution in [0.3, 0.4) is 0 Å². The molecule has 0 amide bonds. The number of ether oxygens (including phenoxy) is 1. The summed E-state index contributed by atoms with van der Waals surface area (Å²) >= 11 is 0. The first-order valence-electron chi connectivity index (χ1n) is 7.14. The fraction of sp³-hybridized carbons (Fsp3) is 0.533. The topological polar surface area (TPSA) is 39.1 Å². The van der Waals surface area contributed by atoms with E-state index in [-0.39, 0.29) is 0 Å². The van der Waals surface area contributed by atoms with E-state index in [4.69, 9.17) is 4.74 Å². The highest BCUT2D eigenvalue weighted by Crippen LogP contribution is 2.12. The summed E-state index contributed by atoms with van der Waals surface area (Å²) in [4.78, 5) is 4.41. The monoisotopic (exact) mass is 259 g/mol. The van der Waals surface area contributed by atoms with Crippen molar-refractivity contribution in [3.8, 4) is 0 Å². The van der Waals surface area contributed by atoms with Crippen LogP contribution >= 0.6 is 0 Å². The maximum absolute atomic E-state index is 5.36. The second-order valence-corrected chi connectivity index (χ2v) is 5.12. The SMILES string of the molecule is c1ccc2c(c1)ncn2CCCNC1CCOCC1.